The largest absolute Gasteiger partial charge is 0.299 e. The molecule has 94 valence electrons. The molecule has 0 bridgehead atoms. The Hall–Kier alpha value is -1.16. The fourth-order valence-corrected chi connectivity index (χ4v) is 2.75. The molecule has 0 heterocycles. The van der Waals surface area contributed by atoms with Gasteiger partial charge in [0.1, 0.15) is 11.5 Å². The number of carbonyl (C=O) groups is 1. The lowest BCUT2D eigenvalue weighted by Gasteiger charge is -2.05. The molecule has 0 saturated heterocycles. The zero-order chi connectivity index (χ0) is 12.9. The molecule has 3 nitrogen and oxygen atoms in total. The van der Waals surface area contributed by atoms with Gasteiger partial charge in [0.15, 0.2) is 9.84 Å². The maximum Gasteiger partial charge on any atom is 0.185 e. The summed E-state index contributed by atoms with van der Waals surface area (Å²) < 4.78 is 23.7. The van der Waals surface area contributed by atoms with Gasteiger partial charge in [0.05, 0.1) is 4.90 Å². The molecule has 0 aromatic heterocycles. The Balaban J connectivity index is 2.65. The van der Waals surface area contributed by atoms with Crippen LogP contribution in [0.4, 0.5) is 0 Å². The van der Waals surface area contributed by atoms with Crippen LogP contribution in [0.2, 0.25) is 0 Å². The zero-order valence-corrected chi connectivity index (χ0v) is 11.0. The van der Waals surface area contributed by atoms with Crippen molar-refractivity contribution in [3.05, 3.63) is 30.3 Å². The van der Waals surface area contributed by atoms with Gasteiger partial charge < -0.3 is 0 Å². The number of hydrogen-bond acceptors (Lipinski definition) is 3. The van der Waals surface area contributed by atoms with Crippen molar-refractivity contribution in [3.63, 3.8) is 0 Å². The van der Waals surface area contributed by atoms with Crippen LogP contribution in [0.15, 0.2) is 35.2 Å². The molecule has 0 aliphatic carbocycles. The van der Waals surface area contributed by atoms with E-state index in [0.717, 1.165) is 6.42 Å². The number of rotatable bonds is 6. The summed E-state index contributed by atoms with van der Waals surface area (Å²) >= 11 is 0. The van der Waals surface area contributed by atoms with E-state index in [0.29, 0.717) is 12.3 Å². The Kier molecular flexibility index (Phi) is 4.87. The van der Waals surface area contributed by atoms with E-state index in [1.165, 1.54) is 12.1 Å². The molecule has 0 N–H and O–H groups in total. The van der Waals surface area contributed by atoms with E-state index in [9.17, 15) is 13.2 Å². The highest BCUT2D eigenvalue weighted by Gasteiger charge is 2.18. The van der Waals surface area contributed by atoms with Crippen LogP contribution >= 0.6 is 0 Å². The van der Waals surface area contributed by atoms with Gasteiger partial charge in [-0.3, -0.25) is 4.79 Å². The summed E-state index contributed by atoms with van der Waals surface area (Å²) in [6, 6.07) is 8.10. The Morgan fingerprint density at radius 3 is 2.29 bits per heavy atom. The van der Waals surface area contributed by atoms with E-state index < -0.39 is 9.84 Å². The summed E-state index contributed by atoms with van der Waals surface area (Å²) in [4.78, 5) is 11.8. The second kappa shape index (κ2) is 5.96. The first-order valence-corrected chi connectivity index (χ1v) is 7.36. The summed E-state index contributed by atoms with van der Waals surface area (Å²) in [6.45, 7) is 4.03. The maximum atomic E-state index is 11.9. The Morgan fingerprint density at radius 2 is 1.76 bits per heavy atom. The summed E-state index contributed by atoms with van der Waals surface area (Å²) in [5.41, 5.74) is 0. The molecule has 1 aromatic rings. The van der Waals surface area contributed by atoms with E-state index >= 15 is 0 Å². The fourth-order valence-electron chi connectivity index (χ4n) is 1.44. The maximum absolute atomic E-state index is 11.9. The van der Waals surface area contributed by atoms with Crippen molar-refractivity contribution >= 4 is 15.6 Å². The van der Waals surface area contributed by atoms with Crippen LogP contribution in [-0.4, -0.2) is 20.0 Å². The predicted molar refractivity (Wildman–Crippen MR) is 67.6 cm³/mol. The highest BCUT2D eigenvalue weighted by atomic mass is 32.2. The summed E-state index contributed by atoms with van der Waals surface area (Å²) in [5.74, 6) is -0.176. The second-order valence-electron chi connectivity index (χ2n) is 4.54. The number of carbonyl (C=O) groups excluding carboxylic acids is 1. The molecular formula is C13H18O3S. The molecule has 0 aliphatic rings. The molecule has 0 atom stereocenters. The molecule has 1 rings (SSSR count). The van der Waals surface area contributed by atoms with Crippen LogP contribution in [0, 0.1) is 5.92 Å². The Labute approximate surface area is 103 Å². The lowest BCUT2D eigenvalue weighted by atomic mass is 10.1. The zero-order valence-electron chi connectivity index (χ0n) is 10.2. The number of ketones is 1. The molecular weight excluding hydrogens is 236 g/mol. The Bertz CT molecular complexity index is 461. The molecule has 0 spiro atoms. The van der Waals surface area contributed by atoms with E-state index in [2.05, 4.69) is 0 Å². The van der Waals surface area contributed by atoms with Gasteiger partial charge >= 0.3 is 0 Å². The third kappa shape index (κ3) is 4.69. The van der Waals surface area contributed by atoms with Gasteiger partial charge in [0.2, 0.25) is 0 Å². The highest BCUT2D eigenvalue weighted by Crippen LogP contribution is 2.12. The van der Waals surface area contributed by atoms with Crippen LogP contribution in [0.5, 0.6) is 0 Å². The van der Waals surface area contributed by atoms with Crippen molar-refractivity contribution in [2.24, 2.45) is 5.92 Å². The van der Waals surface area contributed by atoms with Gasteiger partial charge in [-0.25, -0.2) is 8.42 Å². The number of sulfone groups is 1. The number of hydrogen-bond donors (Lipinski definition) is 0. The minimum atomic E-state index is -3.46. The average Bonchev–Trinajstić information content (AvgIpc) is 2.27. The van der Waals surface area contributed by atoms with Crippen molar-refractivity contribution in [3.8, 4) is 0 Å². The van der Waals surface area contributed by atoms with Crippen LogP contribution < -0.4 is 0 Å². The van der Waals surface area contributed by atoms with Crippen LogP contribution in [0.25, 0.3) is 0 Å². The first-order valence-electron chi connectivity index (χ1n) is 5.71. The molecule has 0 fully saturated rings. The first-order chi connectivity index (χ1) is 7.92. The molecule has 1 aromatic carbocycles. The van der Waals surface area contributed by atoms with Crippen molar-refractivity contribution in [1.29, 1.82) is 0 Å². The van der Waals surface area contributed by atoms with Gasteiger partial charge in [-0.1, -0.05) is 32.0 Å². The van der Waals surface area contributed by atoms with Gasteiger partial charge in [-0.2, -0.15) is 0 Å². The highest BCUT2D eigenvalue weighted by molar-refractivity contribution is 7.92. The minimum absolute atomic E-state index is 0.206. The topological polar surface area (TPSA) is 51.2 Å². The van der Waals surface area contributed by atoms with Crippen molar-refractivity contribution < 1.29 is 13.2 Å². The van der Waals surface area contributed by atoms with E-state index in [-0.39, 0.29) is 16.4 Å². The SMILES string of the molecule is CC(C)CCC(=O)CS(=O)(=O)c1ccccc1. The third-order valence-electron chi connectivity index (χ3n) is 2.45. The van der Waals surface area contributed by atoms with Crippen LogP contribution in [-0.2, 0) is 14.6 Å². The van der Waals surface area contributed by atoms with E-state index in [4.69, 9.17) is 0 Å². The summed E-state index contributed by atoms with van der Waals surface area (Å²) in [6.07, 6.45) is 1.08. The van der Waals surface area contributed by atoms with Gasteiger partial charge in [0, 0.05) is 6.42 Å². The van der Waals surface area contributed by atoms with Crippen LogP contribution in [0.3, 0.4) is 0 Å². The van der Waals surface area contributed by atoms with Crippen LogP contribution in [0.1, 0.15) is 26.7 Å². The minimum Gasteiger partial charge on any atom is -0.299 e. The lowest BCUT2D eigenvalue weighted by Crippen LogP contribution is -2.16. The number of Topliss-reactive ketones (excluding diaryl/α,β-unsaturated/α-hetero) is 1. The predicted octanol–water partition coefficient (Wildman–Crippen LogP) is 2.47. The van der Waals surface area contributed by atoms with Crippen molar-refractivity contribution in [2.45, 2.75) is 31.6 Å². The molecule has 0 amide bonds. The second-order valence-corrected chi connectivity index (χ2v) is 6.53. The van der Waals surface area contributed by atoms with Crippen molar-refractivity contribution in [1.82, 2.24) is 0 Å². The van der Waals surface area contributed by atoms with Crippen molar-refractivity contribution in [2.75, 3.05) is 5.75 Å². The molecule has 0 unspecified atom stereocenters. The third-order valence-corrected chi connectivity index (χ3v) is 4.15. The normalized spacial score (nSPS) is 11.7. The van der Waals surface area contributed by atoms with Gasteiger partial charge in [-0.05, 0) is 24.5 Å². The monoisotopic (exact) mass is 254 g/mol. The number of benzene rings is 1. The van der Waals surface area contributed by atoms with Gasteiger partial charge in [-0.15, -0.1) is 0 Å². The molecule has 0 aliphatic heterocycles. The molecule has 0 radical (unpaired) electrons. The quantitative estimate of drug-likeness (QED) is 0.783. The molecule has 17 heavy (non-hydrogen) atoms. The summed E-state index contributed by atoms with van der Waals surface area (Å²) in [5, 5.41) is 0. The fraction of sp³-hybridized carbons (Fsp3) is 0.462. The molecule has 0 saturated carbocycles. The van der Waals surface area contributed by atoms with E-state index in [1.807, 2.05) is 13.8 Å². The molecule has 4 heteroatoms. The Morgan fingerprint density at radius 1 is 1.18 bits per heavy atom. The average molecular weight is 254 g/mol. The van der Waals surface area contributed by atoms with E-state index in [1.54, 1.807) is 18.2 Å². The standard InChI is InChI=1S/C13H18O3S/c1-11(2)8-9-12(14)10-17(15,16)13-6-4-3-5-7-13/h3-7,11H,8-10H2,1-2H3. The van der Waals surface area contributed by atoms with Gasteiger partial charge in [0.25, 0.3) is 0 Å². The first kappa shape index (κ1) is 13.9. The lowest BCUT2D eigenvalue weighted by molar-refractivity contribution is -0.116. The smallest absolute Gasteiger partial charge is 0.185 e. The summed E-state index contributed by atoms with van der Waals surface area (Å²) in [7, 11) is -3.46.